The number of carbonyl (C=O) groups is 1. The van der Waals surface area contributed by atoms with Crippen LogP contribution in [0.1, 0.15) is 37.4 Å². The van der Waals surface area contributed by atoms with Crippen LogP contribution in [0.5, 0.6) is 0 Å². The maximum absolute atomic E-state index is 11.4. The molecule has 0 aromatic heterocycles. The smallest absolute Gasteiger partial charge is 0.224 e. The molecule has 0 heterocycles. The summed E-state index contributed by atoms with van der Waals surface area (Å²) in [4.78, 5) is 11.4. The first-order chi connectivity index (χ1) is 10.6. The Bertz CT molecular complexity index is 625. The van der Waals surface area contributed by atoms with Gasteiger partial charge in [0.25, 0.3) is 0 Å². The van der Waals surface area contributed by atoms with Gasteiger partial charge in [-0.15, -0.1) is 0 Å². The second kappa shape index (κ2) is 7.97. The Labute approximate surface area is 136 Å². The van der Waals surface area contributed by atoms with E-state index < -0.39 is 0 Å². The summed E-state index contributed by atoms with van der Waals surface area (Å²) >= 11 is 5.99. The number of nitrogens with one attached hydrogen (secondary N) is 2. The molecule has 1 amide bonds. The second-order valence-corrected chi connectivity index (χ2v) is 5.69. The summed E-state index contributed by atoms with van der Waals surface area (Å²) in [7, 11) is 0. The summed E-state index contributed by atoms with van der Waals surface area (Å²) in [5.74, 6) is 0.0277. The quantitative estimate of drug-likeness (QED) is 0.821. The molecule has 2 aromatic carbocycles. The normalized spacial score (nSPS) is 12.0. The molecule has 2 rings (SSSR count). The number of benzene rings is 2. The van der Waals surface area contributed by atoms with Crippen LogP contribution in [0.15, 0.2) is 48.5 Å². The molecular formula is C18H21ClN2O. The second-order valence-electron chi connectivity index (χ2n) is 5.26. The molecule has 0 radical (unpaired) electrons. The monoisotopic (exact) mass is 316 g/mol. The highest BCUT2D eigenvalue weighted by molar-refractivity contribution is 6.30. The summed E-state index contributed by atoms with van der Waals surface area (Å²) in [6.45, 7) is 4.71. The van der Waals surface area contributed by atoms with Crippen molar-refractivity contribution in [2.45, 2.75) is 32.9 Å². The molecule has 2 aromatic rings. The van der Waals surface area contributed by atoms with Gasteiger partial charge in [-0.1, -0.05) is 42.8 Å². The Morgan fingerprint density at radius 1 is 1.18 bits per heavy atom. The van der Waals surface area contributed by atoms with Crippen LogP contribution in [-0.2, 0) is 11.3 Å². The van der Waals surface area contributed by atoms with E-state index in [2.05, 4.69) is 23.6 Å². The van der Waals surface area contributed by atoms with Crippen LogP contribution >= 0.6 is 11.6 Å². The Hall–Kier alpha value is -1.84. The molecule has 116 valence electrons. The first-order valence-corrected chi connectivity index (χ1v) is 7.84. The van der Waals surface area contributed by atoms with Gasteiger partial charge in [0, 0.05) is 29.7 Å². The number of carbonyl (C=O) groups excluding carboxylic acids is 1. The number of rotatable bonds is 6. The number of anilines is 1. The lowest BCUT2D eigenvalue weighted by molar-refractivity contribution is -0.115. The third-order valence-electron chi connectivity index (χ3n) is 3.52. The average Bonchev–Trinajstić information content (AvgIpc) is 2.53. The van der Waals surface area contributed by atoms with E-state index in [4.69, 9.17) is 11.6 Å². The molecule has 0 aliphatic rings. The molecule has 4 heteroatoms. The van der Waals surface area contributed by atoms with Crippen LogP contribution in [-0.4, -0.2) is 5.91 Å². The van der Waals surface area contributed by atoms with Crippen LogP contribution in [0.3, 0.4) is 0 Å². The van der Waals surface area contributed by atoms with E-state index in [1.165, 1.54) is 5.56 Å². The lowest BCUT2D eigenvalue weighted by Gasteiger charge is -2.15. The Morgan fingerprint density at radius 3 is 2.55 bits per heavy atom. The van der Waals surface area contributed by atoms with Gasteiger partial charge in [-0.05, 0) is 42.3 Å². The van der Waals surface area contributed by atoms with E-state index in [1.807, 2.05) is 49.4 Å². The molecule has 2 N–H and O–H groups in total. The Morgan fingerprint density at radius 2 is 1.91 bits per heavy atom. The predicted molar refractivity (Wildman–Crippen MR) is 92.1 cm³/mol. The lowest BCUT2D eigenvalue weighted by Crippen LogP contribution is -2.18. The summed E-state index contributed by atoms with van der Waals surface area (Å²) in [5.41, 5.74) is 3.17. The zero-order valence-corrected chi connectivity index (χ0v) is 13.7. The fraction of sp³-hybridized carbons (Fsp3) is 0.278. The summed E-state index contributed by atoms with van der Waals surface area (Å²) < 4.78 is 0. The van der Waals surface area contributed by atoms with Crippen molar-refractivity contribution in [2.24, 2.45) is 0 Å². The fourth-order valence-electron chi connectivity index (χ4n) is 2.14. The van der Waals surface area contributed by atoms with Gasteiger partial charge < -0.3 is 10.6 Å². The van der Waals surface area contributed by atoms with E-state index in [-0.39, 0.29) is 11.9 Å². The maximum Gasteiger partial charge on any atom is 0.224 e. The highest BCUT2D eigenvalue weighted by Gasteiger charge is 2.06. The summed E-state index contributed by atoms with van der Waals surface area (Å²) in [5, 5.41) is 7.07. The fourth-order valence-corrected chi connectivity index (χ4v) is 2.35. The minimum atomic E-state index is 0.0277. The molecule has 22 heavy (non-hydrogen) atoms. The average molecular weight is 317 g/mol. The van der Waals surface area contributed by atoms with Crippen molar-refractivity contribution >= 4 is 23.2 Å². The first-order valence-electron chi connectivity index (χ1n) is 7.46. The molecule has 0 aliphatic heterocycles. The molecular weight excluding hydrogens is 296 g/mol. The van der Waals surface area contributed by atoms with Gasteiger partial charge in [-0.3, -0.25) is 4.79 Å². The highest BCUT2D eigenvalue weighted by Crippen LogP contribution is 2.17. The van der Waals surface area contributed by atoms with Gasteiger partial charge in [0.15, 0.2) is 0 Å². The zero-order chi connectivity index (χ0) is 15.9. The van der Waals surface area contributed by atoms with Crippen molar-refractivity contribution < 1.29 is 4.79 Å². The van der Waals surface area contributed by atoms with E-state index in [0.717, 1.165) is 22.8 Å². The van der Waals surface area contributed by atoms with E-state index in [1.54, 1.807) is 0 Å². The number of halogens is 1. The van der Waals surface area contributed by atoms with Gasteiger partial charge in [0.2, 0.25) is 5.91 Å². The van der Waals surface area contributed by atoms with Crippen molar-refractivity contribution in [1.29, 1.82) is 0 Å². The maximum atomic E-state index is 11.4. The van der Waals surface area contributed by atoms with Crippen LogP contribution in [0, 0.1) is 0 Å². The number of hydrogen-bond acceptors (Lipinski definition) is 2. The Kier molecular flexibility index (Phi) is 5.99. The van der Waals surface area contributed by atoms with Crippen LogP contribution in [0.25, 0.3) is 0 Å². The zero-order valence-electron chi connectivity index (χ0n) is 12.9. The molecule has 0 fully saturated rings. The van der Waals surface area contributed by atoms with Gasteiger partial charge in [-0.2, -0.15) is 0 Å². The van der Waals surface area contributed by atoms with E-state index >= 15 is 0 Å². The van der Waals surface area contributed by atoms with Crippen molar-refractivity contribution in [1.82, 2.24) is 5.32 Å². The lowest BCUT2D eigenvalue weighted by atomic mass is 10.1. The number of hydrogen-bond donors (Lipinski definition) is 2. The molecule has 0 saturated carbocycles. The summed E-state index contributed by atoms with van der Waals surface area (Å²) in [6, 6.07) is 16.0. The molecule has 1 atom stereocenters. The minimum Gasteiger partial charge on any atom is -0.326 e. The molecule has 3 nitrogen and oxygen atoms in total. The standard InChI is InChI=1S/C18H21ClN2O/c1-3-18(22)21-17-9-7-15(8-10-17)13(2)20-12-14-5-4-6-16(19)11-14/h4-11,13,20H,3,12H2,1-2H3,(H,21,22)/t13-/m1/s1. The molecule has 0 unspecified atom stereocenters. The molecule has 0 spiro atoms. The van der Waals surface area contributed by atoms with Gasteiger partial charge in [0.1, 0.15) is 0 Å². The molecule has 0 bridgehead atoms. The van der Waals surface area contributed by atoms with Crippen LogP contribution in [0.2, 0.25) is 5.02 Å². The number of amides is 1. The van der Waals surface area contributed by atoms with E-state index in [0.29, 0.717) is 6.42 Å². The van der Waals surface area contributed by atoms with Gasteiger partial charge >= 0.3 is 0 Å². The molecule has 0 aliphatic carbocycles. The van der Waals surface area contributed by atoms with Crippen LogP contribution in [0.4, 0.5) is 5.69 Å². The third-order valence-corrected chi connectivity index (χ3v) is 3.75. The SMILES string of the molecule is CCC(=O)Nc1ccc([C@@H](C)NCc2cccc(Cl)c2)cc1. The Balaban J connectivity index is 1.92. The van der Waals surface area contributed by atoms with Crippen molar-refractivity contribution in [3.8, 4) is 0 Å². The largest absolute Gasteiger partial charge is 0.326 e. The van der Waals surface area contributed by atoms with Crippen LogP contribution < -0.4 is 10.6 Å². The minimum absolute atomic E-state index is 0.0277. The van der Waals surface area contributed by atoms with Gasteiger partial charge in [0.05, 0.1) is 0 Å². The van der Waals surface area contributed by atoms with Gasteiger partial charge in [-0.25, -0.2) is 0 Å². The van der Waals surface area contributed by atoms with Crippen molar-refractivity contribution in [2.75, 3.05) is 5.32 Å². The first kappa shape index (κ1) is 16.5. The van der Waals surface area contributed by atoms with E-state index in [9.17, 15) is 4.79 Å². The predicted octanol–water partition coefficient (Wildman–Crippen LogP) is 4.54. The topological polar surface area (TPSA) is 41.1 Å². The van der Waals surface area contributed by atoms with Crippen molar-refractivity contribution in [3.05, 3.63) is 64.7 Å². The highest BCUT2D eigenvalue weighted by atomic mass is 35.5. The summed E-state index contributed by atoms with van der Waals surface area (Å²) in [6.07, 6.45) is 0.485. The van der Waals surface area contributed by atoms with Crippen molar-refractivity contribution in [3.63, 3.8) is 0 Å². The third kappa shape index (κ3) is 4.86. The molecule has 0 saturated heterocycles.